The van der Waals surface area contributed by atoms with Crippen molar-refractivity contribution in [2.75, 3.05) is 26.2 Å². The second kappa shape index (κ2) is 11.7. The van der Waals surface area contributed by atoms with Gasteiger partial charge in [-0.1, -0.05) is 37.3 Å². The average Bonchev–Trinajstić information content (AvgIpc) is 2.89. The number of nitrogens with zero attached hydrogens (tertiary/aromatic N) is 2. The van der Waals surface area contributed by atoms with Gasteiger partial charge in [0.2, 0.25) is 0 Å². The van der Waals surface area contributed by atoms with Crippen LogP contribution < -0.4 is 9.47 Å². The number of rotatable bonds is 9. The maximum absolute atomic E-state index is 13.2. The Hall–Kier alpha value is -3.31. The minimum atomic E-state index is 0.00650. The molecule has 1 saturated heterocycles. The van der Waals surface area contributed by atoms with Gasteiger partial charge in [-0.05, 0) is 80.4 Å². The van der Waals surface area contributed by atoms with E-state index in [9.17, 15) is 4.79 Å². The quantitative estimate of drug-likeness (QED) is 0.394. The standard InChI is InChI=1S/C29H34N2O3/c1-3-30-19-17-27(18-20-30)34-28-12-8-9-23(21-28)22-31(4-2)29(32)24-13-15-26(16-14-24)33-25-10-6-5-7-11-25/h5-16,21,27H,3-4,17-20,22H2,1-2H3. The topological polar surface area (TPSA) is 42.0 Å². The molecule has 5 nitrogen and oxygen atoms in total. The number of carbonyl (C=O) groups excluding carboxylic acids is 1. The van der Waals surface area contributed by atoms with Gasteiger partial charge < -0.3 is 19.3 Å². The molecule has 4 rings (SSSR count). The van der Waals surface area contributed by atoms with Gasteiger partial charge in [-0.15, -0.1) is 0 Å². The third kappa shape index (κ3) is 6.39. The molecule has 3 aromatic carbocycles. The van der Waals surface area contributed by atoms with Crippen LogP contribution in [0.2, 0.25) is 0 Å². The molecular weight excluding hydrogens is 424 g/mol. The van der Waals surface area contributed by atoms with Crippen LogP contribution in [0.15, 0.2) is 78.9 Å². The van der Waals surface area contributed by atoms with Gasteiger partial charge in [0.1, 0.15) is 23.4 Å². The van der Waals surface area contributed by atoms with Crippen LogP contribution >= 0.6 is 0 Å². The number of likely N-dealkylation sites (tertiary alicyclic amines) is 1. The molecular formula is C29H34N2O3. The number of benzene rings is 3. The van der Waals surface area contributed by atoms with E-state index in [-0.39, 0.29) is 12.0 Å². The molecule has 0 bridgehead atoms. The number of hydrogen-bond donors (Lipinski definition) is 0. The Morgan fingerprint density at radius 1 is 0.882 bits per heavy atom. The lowest BCUT2D eigenvalue weighted by Crippen LogP contribution is -2.38. The van der Waals surface area contributed by atoms with Crippen molar-refractivity contribution in [1.82, 2.24) is 9.80 Å². The highest BCUT2D eigenvalue weighted by Crippen LogP contribution is 2.23. The summed E-state index contributed by atoms with van der Waals surface area (Å²) in [5, 5.41) is 0. The van der Waals surface area contributed by atoms with E-state index < -0.39 is 0 Å². The molecule has 1 amide bonds. The van der Waals surface area contributed by atoms with Crippen LogP contribution in [0.1, 0.15) is 42.6 Å². The first kappa shape index (κ1) is 23.8. The van der Waals surface area contributed by atoms with E-state index in [4.69, 9.17) is 9.47 Å². The van der Waals surface area contributed by atoms with E-state index in [2.05, 4.69) is 24.0 Å². The van der Waals surface area contributed by atoms with Gasteiger partial charge in [0.15, 0.2) is 0 Å². The first-order chi connectivity index (χ1) is 16.6. The number of carbonyl (C=O) groups is 1. The predicted molar refractivity (Wildman–Crippen MR) is 136 cm³/mol. The van der Waals surface area contributed by atoms with Gasteiger partial charge in [-0.25, -0.2) is 0 Å². The third-order valence-electron chi connectivity index (χ3n) is 6.31. The van der Waals surface area contributed by atoms with E-state index in [0.29, 0.717) is 24.4 Å². The minimum absolute atomic E-state index is 0.00650. The fraction of sp³-hybridized carbons (Fsp3) is 0.345. The van der Waals surface area contributed by atoms with Crippen LogP contribution in [0.5, 0.6) is 17.2 Å². The number of amides is 1. The zero-order chi connectivity index (χ0) is 23.8. The summed E-state index contributed by atoms with van der Waals surface area (Å²) in [6, 6.07) is 25.1. The Morgan fingerprint density at radius 3 is 2.24 bits per heavy atom. The zero-order valence-electron chi connectivity index (χ0n) is 20.2. The van der Waals surface area contributed by atoms with Gasteiger partial charge in [0.25, 0.3) is 5.91 Å². The Kier molecular flexibility index (Phi) is 8.21. The molecule has 34 heavy (non-hydrogen) atoms. The summed E-state index contributed by atoms with van der Waals surface area (Å²) in [5.41, 5.74) is 1.72. The Labute approximate surface area is 202 Å². The van der Waals surface area contributed by atoms with Crippen LogP contribution in [-0.4, -0.2) is 48.0 Å². The molecule has 178 valence electrons. The summed E-state index contributed by atoms with van der Waals surface area (Å²) in [7, 11) is 0. The van der Waals surface area contributed by atoms with Crippen molar-refractivity contribution in [2.45, 2.75) is 39.3 Å². The molecule has 0 aliphatic carbocycles. The highest BCUT2D eigenvalue weighted by atomic mass is 16.5. The molecule has 0 N–H and O–H groups in total. The highest BCUT2D eigenvalue weighted by Gasteiger charge is 2.20. The maximum atomic E-state index is 13.2. The molecule has 1 aliphatic heterocycles. The first-order valence-corrected chi connectivity index (χ1v) is 12.2. The van der Waals surface area contributed by atoms with Crippen molar-refractivity contribution < 1.29 is 14.3 Å². The van der Waals surface area contributed by atoms with E-state index >= 15 is 0 Å². The fourth-order valence-corrected chi connectivity index (χ4v) is 4.27. The minimum Gasteiger partial charge on any atom is -0.490 e. The molecule has 1 heterocycles. The molecule has 0 aromatic heterocycles. The van der Waals surface area contributed by atoms with E-state index in [1.807, 2.05) is 78.6 Å². The normalized spacial score (nSPS) is 14.5. The van der Waals surface area contributed by atoms with Crippen molar-refractivity contribution in [3.05, 3.63) is 90.0 Å². The summed E-state index contributed by atoms with van der Waals surface area (Å²) in [4.78, 5) is 17.5. The summed E-state index contributed by atoms with van der Waals surface area (Å²) < 4.78 is 12.1. The van der Waals surface area contributed by atoms with Gasteiger partial charge in [-0.2, -0.15) is 0 Å². The maximum Gasteiger partial charge on any atom is 0.254 e. The monoisotopic (exact) mass is 458 g/mol. The molecule has 0 unspecified atom stereocenters. The van der Waals surface area contributed by atoms with Crippen LogP contribution in [0.4, 0.5) is 0 Å². The van der Waals surface area contributed by atoms with Crippen LogP contribution in [0.3, 0.4) is 0 Å². The lowest BCUT2D eigenvalue weighted by molar-refractivity contribution is 0.0751. The van der Waals surface area contributed by atoms with Crippen molar-refractivity contribution >= 4 is 5.91 Å². The largest absolute Gasteiger partial charge is 0.490 e. The van der Waals surface area contributed by atoms with Gasteiger partial charge in [-0.3, -0.25) is 4.79 Å². The molecule has 1 aliphatic rings. The fourth-order valence-electron chi connectivity index (χ4n) is 4.27. The average molecular weight is 459 g/mol. The Morgan fingerprint density at radius 2 is 1.56 bits per heavy atom. The van der Waals surface area contributed by atoms with Crippen LogP contribution in [0, 0.1) is 0 Å². The van der Waals surface area contributed by atoms with Crippen molar-refractivity contribution in [2.24, 2.45) is 0 Å². The Balaban J connectivity index is 1.36. The predicted octanol–water partition coefficient (Wildman–Crippen LogP) is 6.00. The van der Waals surface area contributed by atoms with Gasteiger partial charge >= 0.3 is 0 Å². The van der Waals surface area contributed by atoms with E-state index in [1.54, 1.807) is 0 Å². The van der Waals surface area contributed by atoms with E-state index in [1.165, 1.54) is 0 Å². The van der Waals surface area contributed by atoms with Crippen molar-refractivity contribution in [1.29, 1.82) is 0 Å². The number of hydrogen-bond acceptors (Lipinski definition) is 4. The van der Waals surface area contributed by atoms with Crippen molar-refractivity contribution in [3.8, 4) is 17.2 Å². The number of para-hydroxylation sites is 1. The molecule has 0 atom stereocenters. The molecule has 0 saturated carbocycles. The summed E-state index contributed by atoms with van der Waals surface area (Å²) in [6.45, 7) is 8.67. The number of ether oxygens (including phenoxy) is 2. The smallest absolute Gasteiger partial charge is 0.254 e. The highest BCUT2D eigenvalue weighted by molar-refractivity contribution is 5.94. The van der Waals surface area contributed by atoms with E-state index in [0.717, 1.165) is 49.5 Å². The first-order valence-electron chi connectivity index (χ1n) is 12.2. The SMILES string of the molecule is CCN1CCC(Oc2cccc(CN(CC)C(=O)c3ccc(Oc4ccccc4)cc3)c2)CC1. The van der Waals surface area contributed by atoms with Crippen molar-refractivity contribution in [3.63, 3.8) is 0 Å². The second-order valence-corrected chi connectivity index (χ2v) is 8.66. The molecule has 5 heteroatoms. The number of piperidine rings is 1. The lowest BCUT2D eigenvalue weighted by Gasteiger charge is -2.31. The molecule has 1 fully saturated rings. The second-order valence-electron chi connectivity index (χ2n) is 8.66. The third-order valence-corrected chi connectivity index (χ3v) is 6.31. The molecule has 0 spiro atoms. The van der Waals surface area contributed by atoms with Gasteiger partial charge in [0.05, 0.1) is 0 Å². The van der Waals surface area contributed by atoms with Crippen LogP contribution in [0.25, 0.3) is 0 Å². The summed E-state index contributed by atoms with van der Waals surface area (Å²) >= 11 is 0. The molecule has 0 radical (unpaired) electrons. The van der Waals surface area contributed by atoms with Gasteiger partial charge in [0, 0.05) is 31.7 Å². The Bertz CT molecular complexity index is 1040. The summed E-state index contributed by atoms with van der Waals surface area (Å²) in [6.07, 6.45) is 2.38. The van der Waals surface area contributed by atoms with Crippen LogP contribution in [-0.2, 0) is 6.54 Å². The summed E-state index contributed by atoms with van der Waals surface area (Å²) in [5.74, 6) is 2.38. The lowest BCUT2D eigenvalue weighted by atomic mass is 10.1. The molecule has 3 aromatic rings. The zero-order valence-corrected chi connectivity index (χ0v) is 20.2.